The third-order valence-corrected chi connectivity index (χ3v) is 10.2. The van der Waals surface area contributed by atoms with E-state index in [0.717, 1.165) is 5.56 Å². The molecule has 0 aliphatic carbocycles. The van der Waals surface area contributed by atoms with Crippen LogP contribution in [0.4, 0.5) is 0 Å². The Balaban J connectivity index is 1.32. The van der Waals surface area contributed by atoms with Crippen LogP contribution in [0.5, 0.6) is 28.7 Å². The number of carbonyl (C=O) groups is 2. The average molecular weight is 797 g/mol. The van der Waals surface area contributed by atoms with Gasteiger partial charge in [-0.3, -0.25) is 0 Å². The number of hydrogen-bond donors (Lipinski definition) is 1. The van der Waals surface area contributed by atoms with Crippen LogP contribution < -0.4 is 23.7 Å². The lowest BCUT2D eigenvalue weighted by atomic mass is 9.94. The van der Waals surface area contributed by atoms with Crippen LogP contribution in [-0.2, 0) is 22.9 Å². The summed E-state index contributed by atoms with van der Waals surface area (Å²) >= 11 is 0. The van der Waals surface area contributed by atoms with Crippen molar-refractivity contribution < 1.29 is 43.1 Å². The number of fused-ring (bicyclic) bond motifs is 2. The summed E-state index contributed by atoms with van der Waals surface area (Å²) in [4.78, 5) is 27.7. The number of esters is 1. The first-order valence-electron chi connectivity index (χ1n) is 19.6. The molecule has 0 unspecified atom stereocenters. The predicted molar refractivity (Wildman–Crippen MR) is 225 cm³/mol. The van der Waals surface area contributed by atoms with Crippen molar-refractivity contribution in [2.75, 3.05) is 0 Å². The van der Waals surface area contributed by atoms with E-state index in [1.165, 1.54) is 6.07 Å². The number of carbonyl (C=O) groups excluding carboxylic acids is 1. The van der Waals surface area contributed by atoms with Crippen molar-refractivity contribution >= 4 is 11.9 Å². The SMILES string of the molecule is CC(C)(C)OC(=O)c1cc2c(c(-c3c(C(=O)O)cc(OCc4ccccc4)c4c3OC(c3ccccc3)(c3ccccc3)O4)c1)OC(c1ccccc1)(c1ccccc1)O2. The fourth-order valence-corrected chi connectivity index (χ4v) is 7.58. The average Bonchev–Trinajstić information content (AvgIpc) is 3.88. The molecule has 0 fully saturated rings. The maximum absolute atomic E-state index is 14.0. The number of benzene rings is 7. The molecule has 7 aromatic carbocycles. The van der Waals surface area contributed by atoms with Gasteiger partial charge in [-0.2, -0.15) is 0 Å². The normalized spacial score (nSPS) is 14.3. The molecule has 0 radical (unpaired) electrons. The van der Waals surface area contributed by atoms with Crippen molar-refractivity contribution in [3.8, 4) is 39.9 Å². The largest absolute Gasteiger partial charge is 0.485 e. The van der Waals surface area contributed by atoms with E-state index in [2.05, 4.69) is 0 Å². The van der Waals surface area contributed by atoms with E-state index in [4.69, 9.17) is 28.4 Å². The van der Waals surface area contributed by atoms with Crippen LogP contribution in [0.15, 0.2) is 170 Å². The highest BCUT2D eigenvalue weighted by Crippen LogP contribution is 2.61. The lowest BCUT2D eigenvalue weighted by Gasteiger charge is -2.29. The molecule has 298 valence electrons. The summed E-state index contributed by atoms with van der Waals surface area (Å²) in [5.74, 6) is -4.33. The van der Waals surface area contributed by atoms with Gasteiger partial charge in [-0.15, -0.1) is 0 Å². The van der Waals surface area contributed by atoms with E-state index in [1.807, 2.05) is 152 Å². The van der Waals surface area contributed by atoms with Gasteiger partial charge in [0, 0.05) is 33.4 Å². The molecule has 2 aliphatic rings. The molecule has 0 atom stereocenters. The second-order valence-electron chi connectivity index (χ2n) is 15.5. The van der Waals surface area contributed by atoms with Crippen LogP contribution in [0.3, 0.4) is 0 Å². The lowest BCUT2D eigenvalue weighted by molar-refractivity contribution is -0.0473. The second-order valence-corrected chi connectivity index (χ2v) is 15.5. The Kier molecular flexibility index (Phi) is 9.51. The molecule has 0 saturated carbocycles. The molecule has 0 spiro atoms. The first kappa shape index (κ1) is 38.0. The van der Waals surface area contributed by atoms with E-state index in [0.29, 0.717) is 22.3 Å². The monoisotopic (exact) mass is 796 g/mol. The predicted octanol–water partition coefficient (Wildman–Crippen LogP) is 10.9. The minimum atomic E-state index is -1.59. The molecule has 7 aromatic rings. The van der Waals surface area contributed by atoms with Gasteiger partial charge in [0.25, 0.3) is 0 Å². The molecule has 9 rings (SSSR count). The summed E-state index contributed by atoms with van der Waals surface area (Å²) in [5, 5.41) is 11.2. The standard InChI is InChI=1S/C51H40O9/c1-49(2,3)60-48(54)34-29-39(44-42(30-34)56-50(57-44,35-21-11-5-12-22-35)36-23-13-6-14-24-36)43-40(47(52)53)31-41(55-32-33-19-9-4-10-20-33)45-46(43)59-51(58-45,37-25-15-7-16-26-37)38-27-17-8-18-28-38/h4-31H,32H2,1-3H3,(H,52,53). The first-order valence-corrected chi connectivity index (χ1v) is 19.6. The Morgan fingerprint density at radius 3 is 1.50 bits per heavy atom. The number of hydrogen-bond acceptors (Lipinski definition) is 8. The third-order valence-electron chi connectivity index (χ3n) is 10.2. The molecule has 9 heteroatoms. The van der Waals surface area contributed by atoms with E-state index in [1.54, 1.807) is 32.9 Å². The Bertz CT molecular complexity index is 2620. The van der Waals surface area contributed by atoms with Crippen molar-refractivity contribution in [1.29, 1.82) is 0 Å². The smallest absolute Gasteiger partial charge is 0.338 e. The van der Waals surface area contributed by atoms with Crippen molar-refractivity contribution in [2.45, 2.75) is 44.6 Å². The van der Waals surface area contributed by atoms with Crippen molar-refractivity contribution in [1.82, 2.24) is 0 Å². The van der Waals surface area contributed by atoms with Gasteiger partial charge in [0.15, 0.2) is 23.0 Å². The van der Waals surface area contributed by atoms with Gasteiger partial charge in [0.2, 0.25) is 5.75 Å². The summed E-state index contributed by atoms with van der Waals surface area (Å²) < 4.78 is 40.4. The van der Waals surface area contributed by atoms with Crippen molar-refractivity contribution in [3.05, 3.63) is 209 Å². The molecule has 0 bridgehead atoms. The number of rotatable bonds is 10. The van der Waals surface area contributed by atoms with Gasteiger partial charge in [0.1, 0.15) is 12.2 Å². The van der Waals surface area contributed by atoms with E-state index >= 15 is 0 Å². The van der Waals surface area contributed by atoms with Crippen LogP contribution in [0.25, 0.3) is 11.1 Å². The zero-order chi connectivity index (χ0) is 41.5. The fraction of sp³-hybridized carbons (Fsp3) is 0.137. The number of carboxylic acids is 1. The minimum absolute atomic E-state index is 0.0646. The van der Waals surface area contributed by atoms with Gasteiger partial charge < -0.3 is 33.5 Å². The number of aromatic carboxylic acids is 1. The summed E-state index contributed by atoms with van der Waals surface area (Å²) in [6.45, 7) is 5.43. The highest BCUT2D eigenvalue weighted by Gasteiger charge is 2.51. The van der Waals surface area contributed by atoms with Gasteiger partial charge in [0.05, 0.1) is 11.1 Å². The van der Waals surface area contributed by atoms with Crippen LogP contribution in [0, 0.1) is 0 Å². The molecule has 9 nitrogen and oxygen atoms in total. The van der Waals surface area contributed by atoms with Crippen molar-refractivity contribution in [2.24, 2.45) is 0 Å². The number of ether oxygens (including phenoxy) is 6. The summed E-state index contributed by atoms with van der Waals surface area (Å²) in [6.07, 6.45) is 0. The number of carboxylic acid groups (broad SMARTS) is 1. The van der Waals surface area contributed by atoms with Gasteiger partial charge in [-0.1, -0.05) is 152 Å². The quantitative estimate of drug-likeness (QED) is 0.135. The Morgan fingerprint density at radius 1 is 0.567 bits per heavy atom. The Labute approximate surface area is 347 Å². The summed E-state index contributed by atoms with van der Waals surface area (Å²) in [5.41, 5.74) is 2.81. The zero-order valence-corrected chi connectivity index (χ0v) is 33.1. The zero-order valence-electron chi connectivity index (χ0n) is 33.1. The third kappa shape index (κ3) is 6.83. The van der Waals surface area contributed by atoms with Crippen LogP contribution in [-0.4, -0.2) is 22.6 Å². The molecule has 0 amide bonds. The Morgan fingerprint density at radius 2 is 1.02 bits per heavy atom. The van der Waals surface area contributed by atoms with E-state index < -0.39 is 29.1 Å². The first-order chi connectivity index (χ1) is 29.0. The topological polar surface area (TPSA) is 110 Å². The molecular formula is C51H40O9. The molecule has 0 aromatic heterocycles. The molecule has 1 N–H and O–H groups in total. The molecule has 2 heterocycles. The summed E-state index contributed by atoms with van der Waals surface area (Å²) in [7, 11) is 0. The molecule has 60 heavy (non-hydrogen) atoms. The van der Waals surface area contributed by atoms with Gasteiger partial charge in [-0.05, 0) is 44.5 Å². The van der Waals surface area contributed by atoms with E-state index in [-0.39, 0.29) is 57.6 Å². The maximum Gasteiger partial charge on any atom is 0.338 e. The fourth-order valence-electron chi connectivity index (χ4n) is 7.58. The minimum Gasteiger partial charge on any atom is -0.485 e. The maximum atomic E-state index is 14.0. The highest BCUT2D eigenvalue weighted by molar-refractivity contribution is 6.03. The van der Waals surface area contributed by atoms with Crippen molar-refractivity contribution in [3.63, 3.8) is 0 Å². The summed E-state index contributed by atoms with van der Waals surface area (Å²) in [6, 6.07) is 51.7. The van der Waals surface area contributed by atoms with Crippen LogP contribution in [0.2, 0.25) is 0 Å². The van der Waals surface area contributed by atoms with Crippen LogP contribution >= 0.6 is 0 Å². The lowest BCUT2D eigenvalue weighted by Crippen LogP contribution is -2.37. The second kappa shape index (κ2) is 15.0. The molecular weight excluding hydrogens is 757 g/mol. The Hall–Kier alpha value is -7.52. The van der Waals surface area contributed by atoms with Crippen LogP contribution in [0.1, 0.15) is 69.3 Å². The van der Waals surface area contributed by atoms with Gasteiger partial charge >= 0.3 is 23.5 Å². The molecule has 0 saturated heterocycles. The molecule has 2 aliphatic heterocycles. The highest BCUT2D eigenvalue weighted by atomic mass is 16.7. The van der Waals surface area contributed by atoms with Gasteiger partial charge in [-0.25, -0.2) is 9.59 Å². The van der Waals surface area contributed by atoms with E-state index in [9.17, 15) is 14.7 Å².